The van der Waals surface area contributed by atoms with Gasteiger partial charge in [0, 0.05) is 15.7 Å². The first-order valence-electron chi connectivity index (χ1n) is 8.67. The first-order chi connectivity index (χ1) is 13.0. The van der Waals surface area contributed by atoms with Gasteiger partial charge in [0.1, 0.15) is 17.9 Å². The standard InChI is InChI=1S/C22H16IN3O/c1-14(27)19-20(16-6-8-17(23)9-7-16)22(12-24,13-25)26-11-10-15-4-2-3-5-18(15)21(19)26/h2-11,19-21H,1H3. The smallest absolute Gasteiger partial charge is 0.222 e. The molecule has 2 aliphatic rings. The maximum absolute atomic E-state index is 12.8. The largest absolute Gasteiger partial charge is 0.340 e. The van der Waals surface area contributed by atoms with Gasteiger partial charge in [-0.1, -0.05) is 36.4 Å². The summed E-state index contributed by atoms with van der Waals surface area (Å²) in [6.45, 7) is 1.56. The number of benzene rings is 2. The predicted molar refractivity (Wildman–Crippen MR) is 110 cm³/mol. The number of rotatable bonds is 2. The molecule has 5 heteroatoms. The average Bonchev–Trinajstić information content (AvgIpc) is 3.00. The lowest BCUT2D eigenvalue weighted by Crippen LogP contribution is -2.43. The van der Waals surface area contributed by atoms with E-state index in [-0.39, 0.29) is 11.8 Å². The van der Waals surface area contributed by atoms with Gasteiger partial charge in [-0.25, -0.2) is 0 Å². The number of hydrogen-bond acceptors (Lipinski definition) is 4. The molecule has 4 nitrogen and oxygen atoms in total. The van der Waals surface area contributed by atoms with E-state index in [0.717, 1.165) is 20.3 Å². The second kappa shape index (κ2) is 6.51. The van der Waals surface area contributed by atoms with Gasteiger partial charge in [-0.05, 0) is 64.4 Å². The SMILES string of the molecule is CC(=O)C1C2c3ccccc3C=CN2C(C#N)(C#N)C1c1ccc(I)cc1. The zero-order valence-corrected chi connectivity index (χ0v) is 16.8. The molecule has 4 rings (SSSR count). The fourth-order valence-corrected chi connectivity index (χ4v) is 4.86. The summed E-state index contributed by atoms with van der Waals surface area (Å²) in [5, 5.41) is 20.3. The molecule has 1 saturated heterocycles. The van der Waals surface area contributed by atoms with Crippen LogP contribution in [0.2, 0.25) is 0 Å². The lowest BCUT2D eigenvalue weighted by atomic mass is 9.73. The Labute approximate surface area is 171 Å². The van der Waals surface area contributed by atoms with Crippen molar-refractivity contribution in [3.8, 4) is 12.1 Å². The van der Waals surface area contributed by atoms with Crippen molar-refractivity contribution in [2.45, 2.75) is 24.4 Å². The van der Waals surface area contributed by atoms with Crippen LogP contribution in [0.25, 0.3) is 6.08 Å². The molecule has 0 bridgehead atoms. The normalized spacial score (nSPS) is 24.4. The first-order valence-corrected chi connectivity index (χ1v) is 9.75. The van der Waals surface area contributed by atoms with Crippen LogP contribution in [0.4, 0.5) is 0 Å². The number of nitrogens with zero attached hydrogens (tertiary/aromatic N) is 3. The van der Waals surface area contributed by atoms with Crippen LogP contribution in [-0.2, 0) is 4.79 Å². The van der Waals surface area contributed by atoms with Crippen molar-refractivity contribution in [2.24, 2.45) is 5.92 Å². The third-order valence-corrected chi connectivity index (χ3v) is 6.34. The van der Waals surface area contributed by atoms with E-state index in [1.807, 2.05) is 60.8 Å². The first kappa shape index (κ1) is 17.8. The highest BCUT2D eigenvalue weighted by Crippen LogP contribution is 2.57. The highest BCUT2D eigenvalue weighted by molar-refractivity contribution is 14.1. The molecule has 0 aliphatic carbocycles. The number of carbonyl (C=O) groups is 1. The van der Waals surface area contributed by atoms with Crippen LogP contribution in [0.15, 0.2) is 54.7 Å². The Morgan fingerprint density at radius 2 is 1.78 bits per heavy atom. The molecule has 0 spiro atoms. The molecule has 0 radical (unpaired) electrons. The fourth-order valence-electron chi connectivity index (χ4n) is 4.50. The van der Waals surface area contributed by atoms with Gasteiger partial charge in [-0.15, -0.1) is 0 Å². The molecule has 0 saturated carbocycles. The van der Waals surface area contributed by atoms with Gasteiger partial charge in [0.15, 0.2) is 0 Å². The third-order valence-electron chi connectivity index (χ3n) is 5.63. The molecular formula is C22H16IN3O. The van der Waals surface area contributed by atoms with Crippen molar-refractivity contribution in [3.63, 3.8) is 0 Å². The van der Waals surface area contributed by atoms with Gasteiger partial charge in [-0.3, -0.25) is 4.79 Å². The topological polar surface area (TPSA) is 67.9 Å². The van der Waals surface area contributed by atoms with Gasteiger partial charge in [0.05, 0.1) is 12.0 Å². The Morgan fingerprint density at radius 3 is 2.41 bits per heavy atom. The van der Waals surface area contributed by atoms with E-state index in [4.69, 9.17) is 0 Å². The maximum atomic E-state index is 12.8. The van der Waals surface area contributed by atoms with E-state index in [1.165, 1.54) is 0 Å². The number of carbonyl (C=O) groups excluding carboxylic acids is 1. The van der Waals surface area contributed by atoms with Crippen LogP contribution in [0.1, 0.15) is 35.6 Å². The number of Topliss-reactive ketones (excluding diaryl/α,β-unsaturated/α-hetero) is 1. The van der Waals surface area contributed by atoms with Gasteiger partial charge < -0.3 is 4.90 Å². The second-order valence-electron chi connectivity index (χ2n) is 6.95. The Bertz CT molecular complexity index is 1010. The Balaban J connectivity index is 1.99. The van der Waals surface area contributed by atoms with E-state index in [0.29, 0.717) is 0 Å². The molecule has 132 valence electrons. The predicted octanol–water partition coefficient (Wildman–Crippen LogP) is 4.41. The highest BCUT2D eigenvalue weighted by atomic mass is 127. The summed E-state index contributed by atoms with van der Waals surface area (Å²) in [5.41, 5.74) is 1.43. The Hall–Kier alpha value is -2.64. The van der Waals surface area contributed by atoms with Crippen molar-refractivity contribution in [1.82, 2.24) is 4.90 Å². The molecule has 1 fully saturated rings. The third kappa shape index (κ3) is 2.49. The molecule has 2 heterocycles. The molecule has 27 heavy (non-hydrogen) atoms. The van der Waals surface area contributed by atoms with Gasteiger partial charge >= 0.3 is 0 Å². The molecule has 0 amide bonds. The highest BCUT2D eigenvalue weighted by Gasteiger charge is 2.62. The van der Waals surface area contributed by atoms with E-state index >= 15 is 0 Å². The van der Waals surface area contributed by atoms with E-state index < -0.39 is 17.4 Å². The molecule has 3 unspecified atom stereocenters. The van der Waals surface area contributed by atoms with Crippen LogP contribution in [0.5, 0.6) is 0 Å². The summed E-state index contributed by atoms with van der Waals surface area (Å²) in [7, 11) is 0. The monoisotopic (exact) mass is 465 g/mol. The zero-order valence-electron chi connectivity index (χ0n) is 14.6. The minimum atomic E-state index is -1.43. The van der Waals surface area contributed by atoms with Crippen LogP contribution >= 0.6 is 22.6 Å². The van der Waals surface area contributed by atoms with Crippen molar-refractivity contribution < 1.29 is 4.79 Å². The molecule has 2 aromatic rings. The maximum Gasteiger partial charge on any atom is 0.222 e. The lowest BCUT2D eigenvalue weighted by Gasteiger charge is -2.35. The molecule has 2 aliphatic heterocycles. The summed E-state index contributed by atoms with van der Waals surface area (Å²) in [4.78, 5) is 14.6. The van der Waals surface area contributed by atoms with Crippen LogP contribution in [0.3, 0.4) is 0 Å². The Morgan fingerprint density at radius 1 is 1.11 bits per heavy atom. The average molecular weight is 465 g/mol. The van der Waals surface area contributed by atoms with Crippen molar-refractivity contribution in [2.75, 3.05) is 0 Å². The summed E-state index contributed by atoms with van der Waals surface area (Å²) < 4.78 is 1.07. The second-order valence-corrected chi connectivity index (χ2v) is 8.20. The van der Waals surface area contributed by atoms with Crippen molar-refractivity contribution >= 4 is 34.5 Å². The molecule has 3 atom stereocenters. The quantitative estimate of drug-likeness (QED) is 0.617. The van der Waals surface area contributed by atoms with Gasteiger partial charge in [0.25, 0.3) is 0 Å². The number of nitriles is 2. The van der Waals surface area contributed by atoms with Crippen LogP contribution in [-0.4, -0.2) is 16.2 Å². The summed E-state index contributed by atoms with van der Waals surface area (Å²) in [6.07, 6.45) is 3.73. The number of hydrogen-bond donors (Lipinski definition) is 0. The lowest BCUT2D eigenvalue weighted by molar-refractivity contribution is -0.121. The van der Waals surface area contributed by atoms with E-state index in [2.05, 4.69) is 34.7 Å². The zero-order chi connectivity index (χ0) is 19.2. The summed E-state index contributed by atoms with van der Waals surface area (Å²) in [5.74, 6) is -1.01. The minimum Gasteiger partial charge on any atom is -0.340 e. The molecule has 0 aromatic heterocycles. The molecular weight excluding hydrogens is 449 g/mol. The van der Waals surface area contributed by atoms with Crippen LogP contribution < -0.4 is 0 Å². The summed E-state index contributed by atoms with van der Waals surface area (Å²) >= 11 is 2.22. The van der Waals surface area contributed by atoms with E-state index in [9.17, 15) is 15.3 Å². The Kier molecular flexibility index (Phi) is 4.28. The summed E-state index contributed by atoms with van der Waals surface area (Å²) in [6, 6.07) is 19.8. The number of ketones is 1. The van der Waals surface area contributed by atoms with Crippen molar-refractivity contribution in [3.05, 3.63) is 75.0 Å². The number of halogens is 1. The van der Waals surface area contributed by atoms with E-state index in [1.54, 1.807) is 11.8 Å². The minimum absolute atomic E-state index is 0.00831. The van der Waals surface area contributed by atoms with Gasteiger partial charge in [-0.2, -0.15) is 10.5 Å². The van der Waals surface area contributed by atoms with Gasteiger partial charge in [0.2, 0.25) is 5.54 Å². The molecule has 0 N–H and O–H groups in total. The van der Waals surface area contributed by atoms with Crippen LogP contribution in [0, 0.1) is 32.2 Å². The van der Waals surface area contributed by atoms with Crippen molar-refractivity contribution in [1.29, 1.82) is 10.5 Å². The fraction of sp³-hybridized carbons (Fsp3) is 0.227. The molecule has 2 aromatic carbocycles. The number of fused-ring (bicyclic) bond motifs is 3.